The van der Waals surface area contributed by atoms with Gasteiger partial charge in [0, 0.05) is 13.1 Å². The Morgan fingerprint density at radius 3 is 1.50 bits per heavy atom. The molecule has 0 heterocycles. The van der Waals surface area contributed by atoms with Gasteiger partial charge < -0.3 is 15.1 Å². The second-order valence-electron chi connectivity index (χ2n) is 2.59. The minimum absolute atomic E-state index is 0.0517. The number of carboxylic acids is 2. The van der Waals surface area contributed by atoms with E-state index < -0.39 is 11.9 Å². The Kier molecular flexibility index (Phi) is 11.0. The lowest BCUT2D eigenvalue weighted by molar-refractivity contribution is -0.137. The molecule has 14 heavy (non-hydrogen) atoms. The van der Waals surface area contributed by atoms with E-state index in [1.165, 1.54) is 0 Å². The lowest BCUT2D eigenvalue weighted by atomic mass is 10.3. The van der Waals surface area contributed by atoms with Gasteiger partial charge in [0.05, 0.1) is 12.8 Å². The van der Waals surface area contributed by atoms with Crippen LogP contribution in [-0.2, 0) is 9.59 Å². The number of carboxylic acid groups (broad SMARTS) is 2. The molecule has 0 saturated heterocycles. The molecule has 0 unspecified atom stereocenters. The first-order chi connectivity index (χ1) is 6.52. The molecule has 2 N–H and O–H groups in total. The fourth-order valence-electron chi connectivity index (χ4n) is 0.685. The van der Waals surface area contributed by atoms with E-state index in [9.17, 15) is 9.59 Å². The van der Waals surface area contributed by atoms with Gasteiger partial charge in [0.2, 0.25) is 0 Å². The summed E-state index contributed by atoms with van der Waals surface area (Å²) in [5, 5.41) is 16.6. The number of rotatable bonds is 6. The number of nitrogens with zero attached hydrogens (tertiary/aromatic N) is 1. The van der Waals surface area contributed by atoms with Gasteiger partial charge in [-0.05, 0) is 7.05 Å². The molecule has 0 amide bonds. The first-order valence-corrected chi connectivity index (χ1v) is 4.64. The summed E-state index contributed by atoms with van der Waals surface area (Å²) < 4.78 is 0. The summed E-state index contributed by atoms with van der Waals surface area (Å²) in [4.78, 5) is 21.9. The highest BCUT2D eigenvalue weighted by Gasteiger charge is 2.04. The van der Waals surface area contributed by atoms with Crippen molar-refractivity contribution < 1.29 is 19.8 Å². The minimum atomic E-state index is -0.864. The van der Waals surface area contributed by atoms with Crippen molar-refractivity contribution in [3.05, 3.63) is 0 Å². The van der Waals surface area contributed by atoms with Gasteiger partial charge in [-0.3, -0.25) is 9.59 Å². The molecule has 0 aliphatic rings. The van der Waals surface area contributed by atoms with Gasteiger partial charge in [0.1, 0.15) is 0 Å². The highest BCUT2D eigenvalue weighted by Crippen LogP contribution is 1.90. The second kappa shape index (κ2) is 9.98. The molecule has 0 rings (SSSR count). The first kappa shape index (κ1) is 15.4. The molecule has 0 saturated carbocycles. The Morgan fingerprint density at radius 1 is 1.00 bits per heavy atom. The molecular weight excluding hydrogens is 186 g/mol. The van der Waals surface area contributed by atoms with Crippen molar-refractivity contribution in [2.75, 3.05) is 20.1 Å². The molecule has 0 aromatic rings. The lowest BCUT2D eigenvalue weighted by Crippen LogP contribution is -2.24. The van der Waals surface area contributed by atoms with Crippen LogP contribution < -0.4 is 0 Å². The minimum Gasteiger partial charge on any atom is -0.481 e. The molecule has 5 heteroatoms. The predicted molar refractivity (Wildman–Crippen MR) is 53.4 cm³/mol. The summed E-state index contributed by atoms with van der Waals surface area (Å²) in [6.45, 7) is 4.78. The molecule has 0 aromatic heterocycles. The highest BCUT2D eigenvalue weighted by atomic mass is 16.4. The van der Waals surface area contributed by atoms with Gasteiger partial charge in [-0.15, -0.1) is 0 Å². The third-order valence-corrected chi connectivity index (χ3v) is 1.41. The Morgan fingerprint density at radius 2 is 1.29 bits per heavy atom. The van der Waals surface area contributed by atoms with E-state index in [2.05, 4.69) is 0 Å². The Hall–Kier alpha value is -1.10. The Labute approximate surface area is 84.3 Å². The molecule has 0 atom stereocenters. The van der Waals surface area contributed by atoms with Crippen LogP contribution in [0, 0.1) is 0 Å². The van der Waals surface area contributed by atoms with Gasteiger partial charge in [0.25, 0.3) is 0 Å². The molecule has 5 nitrogen and oxygen atoms in total. The van der Waals surface area contributed by atoms with Crippen molar-refractivity contribution >= 4 is 11.9 Å². The highest BCUT2D eigenvalue weighted by molar-refractivity contribution is 5.67. The van der Waals surface area contributed by atoms with Gasteiger partial charge in [0.15, 0.2) is 0 Å². The van der Waals surface area contributed by atoms with Crippen LogP contribution >= 0.6 is 0 Å². The fourth-order valence-corrected chi connectivity index (χ4v) is 0.685. The maximum Gasteiger partial charge on any atom is 0.304 e. The Balaban J connectivity index is 0. The summed E-state index contributed by atoms with van der Waals surface area (Å²) in [5.41, 5.74) is 0. The second-order valence-corrected chi connectivity index (χ2v) is 2.59. The van der Waals surface area contributed by atoms with Crippen LogP contribution in [0.4, 0.5) is 0 Å². The van der Waals surface area contributed by atoms with E-state index in [1.54, 1.807) is 11.9 Å². The van der Waals surface area contributed by atoms with Crippen molar-refractivity contribution in [2.24, 2.45) is 0 Å². The Bertz CT molecular complexity index is 152. The fraction of sp³-hybridized carbons (Fsp3) is 0.778. The number of hydrogen-bond acceptors (Lipinski definition) is 3. The van der Waals surface area contributed by atoms with Crippen LogP contribution in [0.3, 0.4) is 0 Å². The van der Waals surface area contributed by atoms with E-state index in [4.69, 9.17) is 10.2 Å². The summed E-state index contributed by atoms with van der Waals surface area (Å²) in [6.07, 6.45) is 0.103. The zero-order chi connectivity index (χ0) is 11.6. The molecule has 0 fully saturated rings. The quantitative estimate of drug-likeness (QED) is 0.673. The van der Waals surface area contributed by atoms with Crippen LogP contribution in [0.25, 0.3) is 0 Å². The van der Waals surface area contributed by atoms with Gasteiger partial charge in [-0.1, -0.05) is 13.8 Å². The van der Waals surface area contributed by atoms with Crippen LogP contribution in [-0.4, -0.2) is 47.2 Å². The molecular formula is C9H19NO4. The number of hydrogen-bond donors (Lipinski definition) is 2. The third-order valence-electron chi connectivity index (χ3n) is 1.41. The zero-order valence-corrected chi connectivity index (χ0v) is 8.99. The molecule has 0 bridgehead atoms. The van der Waals surface area contributed by atoms with Crippen molar-refractivity contribution in [3.8, 4) is 0 Å². The monoisotopic (exact) mass is 205 g/mol. The maximum absolute atomic E-state index is 10.1. The average molecular weight is 205 g/mol. The SMILES string of the molecule is CC.CN(CCC(=O)O)CCC(=O)O. The predicted octanol–water partition coefficient (Wildman–Crippen LogP) is 0.894. The van der Waals surface area contributed by atoms with Crippen LogP contribution in [0.1, 0.15) is 26.7 Å². The molecule has 0 spiro atoms. The third kappa shape index (κ3) is 13.5. The smallest absolute Gasteiger partial charge is 0.304 e. The molecule has 84 valence electrons. The van der Waals surface area contributed by atoms with Crippen LogP contribution in [0.5, 0.6) is 0 Å². The van der Waals surface area contributed by atoms with E-state index in [1.807, 2.05) is 13.8 Å². The standard InChI is InChI=1S/C7H13NO4.C2H6/c1-8(4-2-6(9)10)5-3-7(11)12;1-2/h2-5H2,1H3,(H,9,10)(H,11,12);1-2H3. The summed E-state index contributed by atoms with van der Waals surface area (Å²) in [5.74, 6) is -1.73. The van der Waals surface area contributed by atoms with E-state index in [0.717, 1.165) is 0 Å². The van der Waals surface area contributed by atoms with Crippen molar-refractivity contribution in [3.63, 3.8) is 0 Å². The van der Waals surface area contributed by atoms with Crippen molar-refractivity contribution in [1.29, 1.82) is 0 Å². The van der Waals surface area contributed by atoms with Gasteiger partial charge in [-0.2, -0.15) is 0 Å². The van der Waals surface area contributed by atoms with Crippen LogP contribution in [0.15, 0.2) is 0 Å². The number of aliphatic carboxylic acids is 2. The van der Waals surface area contributed by atoms with Gasteiger partial charge >= 0.3 is 11.9 Å². The molecule has 0 aromatic carbocycles. The van der Waals surface area contributed by atoms with Crippen LogP contribution in [0.2, 0.25) is 0 Å². The maximum atomic E-state index is 10.1. The zero-order valence-electron chi connectivity index (χ0n) is 8.99. The molecule has 0 aliphatic carbocycles. The van der Waals surface area contributed by atoms with E-state index in [0.29, 0.717) is 13.1 Å². The van der Waals surface area contributed by atoms with E-state index >= 15 is 0 Å². The summed E-state index contributed by atoms with van der Waals surface area (Å²) in [7, 11) is 1.70. The summed E-state index contributed by atoms with van der Waals surface area (Å²) in [6, 6.07) is 0. The first-order valence-electron chi connectivity index (χ1n) is 4.64. The van der Waals surface area contributed by atoms with E-state index in [-0.39, 0.29) is 12.8 Å². The molecule has 0 aliphatic heterocycles. The lowest BCUT2D eigenvalue weighted by Gasteiger charge is -2.12. The number of carbonyl (C=O) groups is 2. The topological polar surface area (TPSA) is 77.8 Å². The summed E-state index contributed by atoms with van der Waals surface area (Å²) >= 11 is 0. The van der Waals surface area contributed by atoms with Gasteiger partial charge in [-0.25, -0.2) is 0 Å². The largest absolute Gasteiger partial charge is 0.481 e. The molecule has 0 radical (unpaired) electrons. The average Bonchev–Trinajstić information content (AvgIpc) is 2.14. The normalized spacial score (nSPS) is 9.14. The van der Waals surface area contributed by atoms with Crippen molar-refractivity contribution in [1.82, 2.24) is 4.90 Å². The van der Waals surface area contributed by atoms with Crippen molar-refractivity contribution in [2.45, 2.75) is 26.7 Å².